The van der Waals surface area contributed by atoms with Crippen LogP contribution in [0.4, 0.5) is 0 Å². The van der Waals surface area contributed by atoms with Crippen LogP contribution in [0.25, 0.3) is 0 Å². The molecule has 3 aromatic rings. The van der Waals surface area contributed by atoms with Crippen LogP contribution in [-0.4, -0.2) is 17.9 Å². The van der Waals surface area contributed by atoms with Crippen molar-refractivity contribution in [2.24, 2.45) is 0 Å². The van der Waals surface area contributed by atoms with Gasteiger partial charge in [-0.25, -0.2) is 0 Å². The van der Waals surface area contributed by atoms with E-state index in [2.05, 4.69) is 18.8 Å². The first kappa shape index (κ1) is 17.4. The molecule has 0 radical (unpaired) electrons. The molecule has 5 heteroatoms. The Morgan fingerprint density at radius 3 is 1.84 bits per heavy atom. The van der Waals surface area contributed by atoms with Gasteiger partial charge in [-0.1, -0.05) is 0 Å². The van der Waals surface area contributed by atoms with Crippen LogP contribution in [0.15, 0.2) is 68.4 Å². The molecule has 0 aliphatic rings. The van der Waals surface area contributed by atoms with E-state index >= 15 is 0 Å². The van der Waals surface area contributed by atoms with Crippen LogP contribution in [0.1, 0.15) is 32.6 Å². The van der Waals surface area contributed by atoms with Crippen LogP contribution in [0, 0.1) is 11.8 Å². The second-order valence-electron chi connectivity index (χ2n) is 5.77. The third kappa shape index (κ3) is 3.38. The molecule has 3 rings (SSSR count). The Morgan fingerprint density at radius 2 is 1.44 bits per heavy atom. The van der Waals surface area contributed by atoms with Gasteiger partial charge in [0.2, 0.25) is 0 Å². The molecule has 0 bridgehead atoms. The van der Waals surface area contributed by atoms with Gasteiger partial charge in [-0.15, -0.1) is 0 Å². The van der Waals surface area contributed by atoms with Gasteiger partial charge in [0, 0.05) is 0 Å². The van der Waals surface area contributed by atoms with E-state index in [1.807, 2.05) is 18.2 Å². The zero-order valence-electron chi connectivity index (χ0n) is 14.2. The first-order chi connectivity index (χ1) is 12.3. The van der Waals surface area contributed by atoms with Gasteiger partial charge in [-0.05, 0) is 0 Å². The van der Waals surface area contributed by atoms with Crippen molar-refractivity contribution < 1.29 is 18.0 Å². The normalized spacial score (nSPS) is 11.1. The number of carbonyl (C=O) groups excluding carboxylic acids is 1. The Labute approximate surface area is 149 Å². The van der Waals surface area contributed by atoms with E-state index in [4.69, 9.17) is 13.3 Å². The first-order valence-electron chi connectivity index (χ1n) is 8.45. The zero-order chi connectivity index (χ0) is 17.5. The van der Waals surface area contributed by atoms with Crippen LogP contribution in [0.3, 0.4) is 0 Å². The summed E-state index contributed by atoms with van der Waals surface area (Å²) in [4.78, 5) is 13.3. The third-order valence-corrected chi connectivity index (χ3v) is 12.3. The fourth-order valence-corrected chi connectivity index (χ4v) is 10.1. The third-order valence-electron chi connectivity index (χ3n) is 4.12. The van der Waals surface area contributed by atoms with Crippen molar-refractivity contribution in [1.29, 1.82) is 0 Å². The Hall–Kier alpha value is -2.39. The SMILES string of the molecule is CCCCCC#C[C](=O)[Ge]([c]1ccco1)([c]1ccco1)[c]1ccco1. The van der Waals surface area contributed by atoms with Crippen molar-refractivity contribution in [3.05, 3.63) is 55.2 Å². The maximum atomic E-state index is 13.3. The fraction of sp³-hybridized carbons (Fsp3) is 0.250. The average Bonchev–Trinajstić information content (AvgIpc) is 3.39. The summed E-state index contributed by atoms with van der Waals surface area (Å²) >= 11 is -3.92. The van der Waals surface area contributed by atoms with E-state index in [9.17, 15) is 4.79 Å². The van der Waals surface area contributed by atoms with Gasteiger partial charge in [0.15, 0.2) is 0 Å². The van der Waals surface area contributed by atoms with E-state index in [1.54, 1.807) is 37.0 Å². The van der Waals surface area contributed by atoms with Crippen LogP contribution < -0.4 is 13.8 Å². The fourth-order valence-electron chi connectivity index (χ4n) is 2.88. The molecule has 3 aromatic heterocycles. The van der Waals surface area contributed by atoms with E-state index in [0.29, 0.717) is 20.2 Å². The minimum atomic E-state index is -3.92. The summed E-state index contributed by atoms with van der Waals surface area (Å²) in [5, 5.41) is 0. The van der Waals surface area contributed by atoms with Crippen LogP contribution in [-0.2, 0) is 4.79 Å². The number of hydrogen-bond donors (Lipinski definition) is 0. The zero-order valence-corrected chi connectivity index (χ0v) is 16.3. The molecule has 4 nitrogen and oxygen atoms in total. The molecule has 0 aliphatic heterocycles. The van der Waals surface area contributed by atoms with E-state index in [-0.39, 0.29) is 4.62 Å². The van der Waals surface area contributed by atoms with Crippen molar-refractivity contribution in [2.75, 3.05) is 0 Å². The second kappa shape index (κ2) is 8.13. The Bertz CT molecular complexity index is 749. The van der Waals surface area contributed by atoms with Crippen LogP contribution in [0.2, 0.25) is 0 Å². The van der Waals surface area contributed by atoms with Gasteiger partial charge in [-0.3, -0.25) is 0 Å². The van der Waals surface area contributed by atoms with Crippen molar-refractivity contribution in [3.63, 3.8) is 0 Å². The molecular weight excluding hydrogens is 377 g/mol. The van der Waals surface area contributed by atoms with E-state index in [1.165, 1.54) is 0 Å². The number of unbranched alkanes of at least 4 members (excludes halogenated alkanes) is 3. The Morgan fingerprint density at radius 1 is 0.920 bits per heavy atom. The minimum absolute atomic E-state index is 0.142. The summed E-state index contributed by atoms with van der Waals surface area (Å²) in [5.74, 6) is 5.90. The Kier molecular flexibility index (Phi) is 5.67. The first-order valence-corrected chi connectivity index (χ1v) is 12.6. The monoisotopic (exact) mass is 398 g/mol. The second-order valence-corrected chi connectivity index (χ2v) is 13.0. The molecule has 25 heavy (non-hydrogen) atoms. The van der Waals surface area contributed by atoms with Crippen molar-refractivity contribution in [1.82, 2.24) is 0 Å². The summed E-state index contributed by atoms with van der Waals surface area (Å²) < 4.78 is 18.7. The molecule has 0 saturated carbocycles. The predicted molar refractivity (Wildman–Crippen MR) is 97.7 cm³/mol. The van der Waals surface area contributed by atoms with Crippen molar-refractivity contribution in [2.45, 2.75) is 32.6 Å². The van der Waals surface area contributed by atoms with Gasteiger partial charge in [0.25, 0.3) is 0 Å². The van der Waals surface area contributed by atoms with E-state index in [0.717, 1.165) is 19.3 Å². The summed E-state index contributed by atoms with van der Waals surface area (Å²) in [5.41, 5.74) is 0. The van der Waals surface area contributed by atoms with Crippen molar-refractivity contribution >= 4 is 31.7 Å². The molecule has 0 spiro atoms. The van der Waals surface area contributed by atoms with E-state index < -0.39 is 13.3 Å². The van der Waals surface area contributed by atoms with Gasteiger partial charge >= 0.3 is 149 Å². The molecule has 0 unspecified atom stereocenters. The van der Waals surface area contributed by atoms with Crippen LogP contribution in [0.5, 0.6) is 0 Å². The molecule has 0 amide bonds. The molecule has 0 saturated heterocycles. The Balaban J connectivity index is 2.07. The quantitative estimate of drug-likeness (QED) is 0.350. The number of rotatable bonds is 7. The molecule has 128 valence electrons. The molecule has 0 atom stereocenters. The predicted octanol–water partition coefficient (Wildman–Crippen LogP) is 2.63. The molecule has 0 aliphatic carbocycles. The van der Waals surface area contributed by atoms with Crippen LogP contribution >= 0.6 is 0 Å². The summed E-state index contributed by atoms with van der Waals surface area (Å²) in [6, 6.07) is 10.8. The maximum absolute atomic E-state index is 13.3. The molecule has 0 fully saturated rings. The standard InChI is InChI=1S/C20H20GeO4/c1-2-3-4-5-6-10-17(22)21(18-11-7-14-23-18,19-12-8-15-24-19)20-13-9-16-25-20/h7-9,11-16H,2-5H2,1H3. The number of furan rings is 3. The topological polar surface area (TPSA) is 56.5 Å². The molecular formula is C20H20GeO4. The molecule has 3 heterocycles. The molecule has 0 aromatic carbocycles. The summed E-state index contributed by atoms with van der Waals surface area (Å²) in [6.07, 6.45) is 8.67. The number of carbonyl (C=O) groups is 1. The average molecular weight is 397 g/mol. The van der Waals surface area contributed by atoms with Gasteiger partial charge in [0.05, 0.1) is 0 Å². The van der Waals surface area contributed by atoms with Gasteiger partial charge in [0.1, 0.15) is 0 Å². The summed E-state index contributed by atoms with van der Waals surface area (Å²) in [6.45, 7) is 2.14. The van der Waals surface area contributed by atoms with Gasteiger partial charge in [-0.2, -0.15) is 0 Å². The molecule has 0 N–H and O–H groups in total. The number of hydrogen-bond acceptors (Lipinski definition) is 4. The van der Waals surface area contributed by atoms with Crippen molar-refractivity contribution in [3.8, 4) is 11.8 Å². The summed E-state index contributed by atoms with van der Waals surface area (Å²) in [7, 11) is 0. The van der Waals surface area contributed by atoms with Gasteiger partial charge < -0.3 is 0 Å².